The van der Waals surface area contributed by atoms with Gasteiger partial charge in [-0.3, -0.25) is 19.2 Å². The number of carbonyl (C=O) groups is 4. The molecule has 1 aromatic rings. The number of benzene rings is 1. The normalized spacial score (nSPS) is 18.0. The Labute approximate surface area is 249 Å². The van der Waals surface area contributed by atoms with Crippen molar-refractivity contribution in [2.24, 2.45) is 0 Å². The Kier molecular flexibility index (Phi) is 13.3. The molecule has 1 amide bonds. The van der Waals surface area contributed by atoms with Crippen LogP contribution in [0.4, 0.5) is 0 Å². The van der Waals surface area contributed by atoms with E-state index >= 15 is 0 Å². The van der Waals surface area contributed by atoms with E-state index in [1.165, 1.54) is 39.2 Å². The summed E-state index contributed by atoms with van der Waals surface area (Å²) in [4.78, 5) is 48.0. The minimum atomic E-state index is -2.89. The maximum Gasteiger partial charge on any atom is 0.308 e. The molecule has 1 aromatic carbocycles. The van der Waals surface area contributed by atoms with E-state index in [1.54, 1.807) is 12.1 Å². The molecule has 1 heterocycles. The Balaban J connectivity index is 2.42. The van der Waals surface area contributed by atoms with Crippen LogP contribution in [0.5, 0.6) is 5.75 Å². The van der Waals surface area contributed by atoms with Crippen molar-refractivity contribution in [2.45, 2.75) is 97.6 Å². The molecule has 1 aliphatic rings. The summed E-state index contributed by atoms with van der Waals surface area (Å²) >= 11 is 0. The van der Waals surface area contributed by atoms with Gasteiger partial charge in [0.15, 0.2) is 18.3 Å². The van der Waals surface area contributed by atoms with Crippen molar-refractivity contribution in [3.8, 4) is 17.2 Å². The Morgan fingerprint density at radius 1 is 1.00 bits per heavy atom. The van der Waals surface area contributed by atoms with Gasteiger partial charge in [-0.1, -0.05) is 52.5 Å². The van der Waals surface area contributed by atoms with E-state index < -0.39 is 44.5 Å². The number of esters is 3. The molecule has 3 atom stereocenters. The predicted octanol–water partition coefficient (Wildman–Crippen LogP) is 4.59. The highest BCUT2D eigenvalue weighted by atomic mass is 28.4. The minimum absolute atomic E-state index is 0.0290. The van der Waals surface area contributed by atoms with E-state index in [2.05, 4.69) is 16.8 Å². The van der Waals surface area contributed by atoms with Gasteiger partial charge in [0.25, 0.3) is 14.2 Å². The number of hydrogen-bond acceptors (Lipinski definition) is 9. The van der Waals surface area contributed by atoms with Gasteiger partial charge in [0.2, 0.25) is 0 Å². The van der Waals surface area contributed by atoms with Crippen LogP contribution in [0, 0.1) is 11.5 Å². The second kappa shape index (κ2) is 16.1. The molecule has 0 saturated carbocycles. The second-order valence-electron chi connectivity index (χ2n) is 10.7. The topological polar surface area (TPSA) is 126 Å². The van der Waals surface area contributed by atoms with Gasteiger partial charge in [-0.2, -0.15) is 0 Å². The van der Waals surface area contributed by atoms with Gasteiger partial charge >= 0.3 is 17.9 Å². The van der Waals surface area contributed by atoms with E-state index in [0.29, 0.717) is 17.7 Å². The van der Waals surface area contributed by atoms with Crippen molar-refractivity contribution < 1.29 is 42.6 Å². The third-order valence-electron chi connectivity index (χ3n) is 6.72. The van der Waals surface area contributed by atoms with Crippen LogP contribution in [0.2, 0.25) is 11.1 Å². The fourth-order valence-electron chi connectivity index (χ4n) is 4.59. The van der Waals surface area contributed by atoms with E-state index in [0.717, 1.165) is 12.8 Å². The van der Waals surface area contributed by atoms with Gasteiger partial charge in [0.1, 0.15) is 5.75 Å². The standard InChI is InChI=1S/C31H43NO9Si/c1-9-10-15-32-31(36)26-12-11-25(28(18-26)40-23(7)34)14-17-42(20(2)3,21(4)5)38-19-29-30(41-24(8)35)27(13-16-37-29)39-22(6)33/h11-13,16,18,20-21,27,29-30H,9-10,15,19H2,1-8H3,(H,32,36)/t27?,29?,30-/m0/s1. The third-order valence-corrected chi connectivity index (χ3v) is 11.3. The van der Waals surface area contributed by atoms with Crippen molar-refractivity contribution >= 4 is 32.1 Å². The van der Waals surface area contributed by atoms with Crippen LogP contribution in [0.15, 0.2) is 30.5 Å². The van der Waals surface area contributed by atoms with Gasteiger partial charge in [0, 0.05) is 32.9 Å². The van der Waals surface area contributed by atoms with Gasteiger partial charge < -0.3 is 28.7 Å². The monoisotopic (exact) mass is 601 g/mol. The largest absolute Gasteiger partial charge is 0.492 e. The number of rotatable bonds is 12. The van der Waals surface area contributed by atoms with Gasteiger partial charge in [-0.15, -0.1) is 0 Å². The Morgan fingerprint density at radius 2 is 1.67 bits per heavy atom. The summed E-state index contributed by atoms with van der Waals surface area (Å²) < 4.78 is 28.6. The minimum Gasteiger partial charge on any atom is -0.492 e. The van der Waals surface area contributed by atoms with Crippen molar-refractivity contribution in [3.63, 3.8) is 0 Å². The Hall–Kier alpha value is -3.62. The molecule has 1 N–H and O–H groups in total. The lowest BCUT2D eigenvalue weighted by molar-refractivity contribution is -0.175. The maximum absolute atomic E-state index is 12.6. The highest BCUT2D eigenvalue weighted by Crippen LogP contribution is 2.34. The molecule has 11 heteroatoms. The third kappa shape index (κ3) is 9.74. The first kappa shape index (κ1) is 34.6. The van der Waals surface area contributed by atoms with Crippen molar-refractivity contribution in [3.05, 3.63) is 41.7 Å². The van der Waals surface area contributed by atoms with E-state index in [1.807, 2.05) is 34.6 Å². The maximum atomic E-state index is 12.6. The van der Waals surface area contributed by atoms with E-state index in [9.17, 15) is 19.2 Å². The summed E-state index contributed by atoms with van der Waals surface area (Å²) in [6.45, 7) is 14.6. The molecule has 1 aliphatic heterocycles. The molecule has 0 aliphatic carbocycles. The number of nitrogens with one attached hydrogen (secondary N) is 1. The fourth-order valence-corrected chi connectivity index (χ4v) is 8.01. The first-order valence-corrected chi connectivity index (χ1v) is 16.3. The molecule has 0 radical (unpaired) electrons. The molecule has 0 spiro atoms. The molecular weight excluding hydrogens is 558 g/mol. The summed E-state index contributed by atoms with van der Waals surface area (Å²) in [5.41, 5.74) is 4.27. The lowest BCUT2D eigenvalue weighted by Crippen LogP contribution is -2.51. The van der Waals surface area contributed by atoms with E-state index in [-0.39, 0.29) is 29.3 Å². The highest BCUT2D eigenvalue weighted by Gasteiger charge is 2.44. The zero-order valence-electron chi connectivity index (χ0n) is 25.8. The average molecular weight is 602 g/mol. The molecule has 2 rings (SSSR count). The van der Waals surface area contributed by atoms with Crippen LogP contribution >= 0.6 is 0 Å². The summed E-state index contributed by atoms with van der Waals surface area (Å²) in [5.74, 6) is 1.51. The number of carbonyl (C=O) groups excluding carboxylic acids is 4. The van der Waals surface area contributed by atoms with Crippen LogP contribution < -0.4 is 10.1 Å². The molecule has 0 aromatic heterocycles. The molecule has 2 unspecified atom stereocenters. The lowest BCUT2D eigenvalue weighted by Gasteiger charge is -2.38. The highest BCUT2D eigenvalue weighted by molar-refractivity contribution is 6.84. The van der Waals surface area contributed by atoms with Gasteiger partial charge in [0.05, 0.1) is 18.4 Å². The van der Waals surface area contributed by atoms with Crippen LogP contribution in [0.1, 0.15) is 84.2 Å². The fraction of sp³-hybridized carbons (Fsp3) is 0.548. The number of unbranched alkanes of at least 4 members (excludes halogenated alkanes) is 1. The lowest BCUT2D eigenvalue weighted by atomic mass is 10.1. The van der Waals surface area contributed by atoms with Gasteiger partial charge in [-0.05, 0) is 41.8 Å². The Morgan fingerprint density at radius 3 is 2.24 bits per heavy atom. The molecular formula is C31H43NO9Si. The molecule has 42 heavy (non-hydrogen) atoms. The SMILES string of the molecule is CCCCNC(=O)c1ccc(C#C[Si](OCC2OC=CC(OC(C)=O)[C@@H]2OC(C)=O)(C(C)C)C(C)C)c(OC(C)=O)c1. The van der Waals surface area contributed by atoms with Crippen LogP contribution in [-0.2, 0) is 33.0 Å². The first-order chi connectivity index (χ1) is 19.8. The van der Waals surface area contributed by atoms with Crippen LogP contribution in [-0.4, -0.2) is 63.6 Å². The smallest absolute Gasteiger partial charge is 0.308 e. The van der Waals surface area contributed by atoms with Crippen LogP contribution in [0.25, 0.3) is 0 Å². The zero-order chi connectivity index (χ0) is 31.4. The number of ether oxygens (including phenoxy) is 4. The van der Waals surface area contributed by atoms with Crippen molar-refractivity contribution in [1.82, 2.24) is 5.32 Å². The summed E-state index contributed by atoms with van der Waals surface area (Å²) in [5, 5.41) is 2.86. The van der Waals surface area contributed by atoms with Crippen molar-refractivity contribution in [2.75, 3.05) is 13.2 Å². The average Bonchev–Trinajstić information content (AvgIpc) is 2.89. The Bertz CT molecular complexity index is 1210. The van der Waals surface area contributed by atoms with Crippen LogP contribution in [0.3, 0.4) is 0 Å². The number of amides is 1. The second-order valence-corrected chi connectivity index (χ2v) is 15.2. The predicted molar refractivity (Wildman–Crippen MR) is 159 cm³/mol. The van der Waals surface area contributed by atoms with Gasteiger partial charge in [-0.25, -0.2) is 0 Å². The summed E-state index contributed by atoms with van der Waals surface area (Å²) in [6.07, 6.45) is 2.28. The molecule has 0 bridgehead atoms. The molecule has 10 nitrogen and oxygen atoms in total. The quantitative estimate of drug-likeness (QED) is 0.120. The molecule has 230 valence electrons. The van der Waals surface area contributed by atoms with E-state index in [4.69, 9.17) is 23.4 Å². The molecule has 0 saturated heterocycles. The summed E-state index contributed by atoms with van der Waals surface area (Å²) in [6, 6.07) is 4.83. The number of hydrogen-bond donors (Lipinski definition) is 1. The van der Waals surface area contributed by atoms with Crippen molar-refractivity contribution in [1.29, 1.82) is 0 Å². The zero-order valence-corrected chi connectivity index (χ0v) is 26.8. The molecule has 0 fully saturated rings. The summed E-state index contributed by atoms with van der Waals surface area (Å²) in [7, 11) is -2.89. The first-order valence-electron chi connectivity index (χ1n) is 14.2.